The van der Waals surface area contributed by atoms with Gasteiger partial charge in [-0.1, -0.05) is 0 Å². The van der Waals surface area contributed by atoms with Crippen LogP contribution in [-0.4, -0.2) is 58.1 Å². The van der Waals surface area contributed by atoms with Crippen LogP contribution in [0, 0.1) is 0 Å². The summed E-state index contributed by atoms with van der Waals surface area (Å²) < 4.78 is 6.58. The Balaban J connectivity index is 1.95. The predicted octanol–water partition coefficient (Wildman–Crippen LogP) is -0.429. The van der Waals surface area contributed by atoms with Crippen molar-refractivity contribution in [2.75, 3.05) is 20.2 Å². The molecule has 0 spiro atoms. The summed E-state index contributed by atoms with van der Waals surface area (Å²) in [6.45, 7) is 1.24. The maximum Gasteiger partial charge on any atom is 0.323 e. The smallest absolute Gasteiger partial charge is 0.323 e. The summed E-state index contributed by atoms with van der Waals surface area (Å²) in [5.41, 5.74) is 1.11. The van der Waals surface area contributed by atoms with Gasteiger partial charge >= 0.3 is 5.97 Å². The lowest BCUT2D eigenvalue weighted by Crippen LogP contribution is -2.38. The van der Waals surface area contributed by atoms with Crippen LogP contribution >= 0.6 is 0 Å². The summed E-state index contributed by atoms with van der Waals surface area (Å²) in [4.78, 5) is 13.6. The predicted molar refractivity (Wildman–Crippen MR) is 64.9 cm³/mol. The number of aliphatic hydroxyl groups is 1. The monoisotopic (exact) mass is 253 g/mol. The molecule has 1 fully saturated rings. The molecule has 0 amide bonds. The molecule has 100 valence electrons. The van der Waals surface area contributed by atoms with Gasteiger partial charge in [0.1, 0.15) is 6.04 Å². The minimum atomic E-state index is -0.444. The number of nitrogens with zero attached hydrogens (tertiary/aromatic N) is 3. The maximum atomic E-state index is 11.6. The zero-order chi connectivity index (χ0) is 13.1. The largest absolute Gasteiger partial charge is 0.468 e. The summed E-state index contributed by atoms with van der Waals surface area (Å²) in [6, 6.07) is 1.64. The first-order valence-corrected chi connectivity index (χ1v) is 6.08. The Kier molecular flexibility index (Phi) is 3.98. The van der Waals surface area contributed by atoms with Gasteiger partial charge in [-0.25, -0.2) is 0 Å². The molecule has 2 unspecified atom stereocenters. The SMILES string of the molecule is COC(=O)C1CC(O)CN1CCc1ccnn1C. The van der Waals surface area contributed by atoms with Crippen molar-refractivity contribution in [2.45, 2.75) is 25.0 Å². The first kappa shape index (κ1) is 13.0. The zero-order valence-corrected chi connectivity index (χ0v) is 10.7. The Morgan fingerprint density at radius 2 is 2.44 bits per heavy atom. The number of carbonyl (C=O) groups excluding carboxylic acids is 1. The number of methoxy groups -OCH3 is 1. The van der Waals surface area contributed by atoms with Crippen molar-refractivity contribution in [1.29, 1.82) is 0 Å². The second-order valence-electron chi connectivity index (χ2n) is 4.62. The number of carbonyl (C=O) groups is 1. The molecule has 6 nitrogen and oxygen atoms in total. The molecule has 2 atom stereocenters. The summed E-state index contributed by atoms with van der Waals surface area (Å²) in [7, 11) is 3.28. The molecule has 1 aromatic heterocycles. The van der Waals surface area contributed by atoms with E-state index in [0.717, 1.165) is 18.7 Å². The number of likely N-dealkylation sites (tertiary alicyclic amines) is 1. The molecular weight excluding hydrogens is 234 g/mol. The fourth-order valence-corrected chi connectivity index (χ4v) is 2.41. The van der Waals surface area contributed by atoms with Gasteiger partial charge in [-0.15, -0.1) is 0 Å². The highest BCUT2D eigenvalue weighted by Gasteiger charge is 2.36. The maximum absolute atomic E-state index is 11.6. The summed E-state index contributed by atoms with van der Waals surface area (Å²) in [6.07, 6.45) is 2.57. The lowest BCUT2D eigenvalue weighted by atomic mass is 10.2. The van der Waals surface area contributed by atoms with Crippen LogP contribution in [-0.2, 0) is 23.0 Å². The quantitative estimate of drug-likeness (QED) is 0.738. The van der Waals surface area contributed by atoms with Crippen LogP contribution in [0.5, 0.6) is 0 Å². The number of β-amino-alcohol motifs (C(OH)–C–C–N with tert-alkyl or cyclic N) is 1. The number of rotatable bonds is 4. The Labute approximate surface area is 106 Å². The normalized spacial score (nSPS) is 24.4. The molecule has 2 heterocycles. The van der Waals surface area contributed by atoms with Crippen LogP contribution in [0.15, 0.2) is 12.3 Å². The summed E-state index contributed by atoms with van der Waals surface area (Å²) in [5, 5.41) is 13.8. The van der Waals surface area contributed by atoms with Gasteiger partial charge in [0, 0.05) is 44.9 Å². The standard InChI is InChI=1S/C12H19N3O3/c1-14-9(3-5-13-14)4-6-15-8-10(16)7-11(15)12(17)18-2/h3,5,10-11,16H,4,6-8H2,1-2H3. The topological polar surface area (TPSA) is 67.6 Å². The van der Waals surface area contributed by atoms with Crippen LogP contribution in [0.3, 0.4) is 0 Å². The Hall–Kier alpha value is -1.40. The van der Waals surface area contributed by atoms with Gasteiger partial charge in [-0.05, 0) is 6.07 Å². The van der Waals surface area contributed by atoms with Gasteiger partial charge < -0.3 is 9.84 Å². The third-order valence-corrected chi connectivity index (χ3v) is 3.43. The van der Waals surface area contributed by atoms with Crippen LogP contribution in [0.25, 0.3) is 0 Å². The third kappa shape index (κ3) is 2.70. The number of aromatic nitrogens is 2. The molecule has 0 bridgehead atoms. The van der Waals surface area contributed by atoms with Crippen LogP contribution in [0.1, 0.15) is 12.1 Å². The Morgan fingerprint density at radius 1 is 1.67 bits per heavy atom. The molecule has 0 aliphatic carbocycles. The highest BCUT2D eigenvalue weighted by molar-refractivity contribution is 5.76. The molecule has 2 rings (SSSR count). The van der Waals surface area contributed by atoms with Crippen molar-refractivity contribution in [1.82, 2.24) is 14.7 Å². The van der Waals surface area contributed by atoms with Crippen LogP contribution in [0.2, 0.25) is 0 Å². The molecule has 1 aliphatic heterocycles. The molecule has 0 saturated carbocycles. The second-order valence-corrected chi connectivity index (χ2v) is 4.62. The summed E-state index contributed by atoms with van der Waals surface area (Å²) in [5.74, 6) is -0.267. The highest BCUT2D eigenvalue weighted by Crippen LogP contribution is 2.19. The first-order valence-electron chi connectivity index (χ1n) is 6.08. The van der Waals surface area contributed by atoms with Gasteiger partial charge in [0.2, 0.25) is 0 Å². The molecule has 6 heteroatoms. The van der Waals surface area contributed by atoms with Crippen molar-refractivity contribution < 1.29 is 14.6 Å². The first-order chi connectivity index (χ1) is 8.61. The van der Waals surface area contributed by atoms with Gasteiger partial charge in [0.25, 0.3) is 0 Å². The number of ether oxygens (including phenoxy) is 1. The molecule has 0 aromatic carbocycles. The van der Waals surface area contributed by atoms with Gasteiger partial charge in [0.05, 0.1) is 13.2 Å². The third-order valence-electron chi connectivity index (χ3n) is 3.43. The number of esters is 1. The number of aryl methyl sites for hydroxylation is 1. The fourth-order valence-electron chi connectivity index (χ4n) is 2.41. The number of aliphatic hydroxyl groups excluding tert-OH is 1. The average molecular weight is 253 g/mol. The highest BCUT2D eigenvalue weighted by atomic mass is 16.5. The van der Waals surface area contributed by atoms with E-state index in [1.165, 1.54) is 7.11 Å². The van der Waals surface area contributed by atoms with E-state index in [1.54, 1.807) is 6.20 Å². The van der Waals surface area contributed by atoms with E-state index in [2.05, 4.69) is 5.10 Å². The Bertz CT molecular complexity index is 418. The van der Waals surface area contributed by atoms with Crippen molar-refractivity contribution in [3.8, 4) is 0 Å². The fraction of sp³-hybridized carbons (Fsp3) is 0.667. The summed E-state index contributed by atoms with van der Waals surface area (Å²) >= 11 is 0. The van der Waals surface area contributed by atoms with Crippen molar-refractivity contribution in [2.24, 2.45) is 7.05 Å². The van der Waals surface area contributed by atoms with Gasteiger partial charge in [0.15, 0.2) is 0 Å². The van der Waals surface area contributed by atoms with Crippen molar-refractivity contribution in [3.05, 3.63) is 18.0 Å². The van der Waals surface area contributed by atoms with E-state index in [4.69, 9.17) is 4.74 Å². The van der Waals surface area contributed by atoms with Crippen LogP contribution in [0.4, 0.5) is 0 Å². The lowest BCUT2D eigenvalue weighted by Gasteiger charge is -2.21. The molecule has 18 heavy (non-hydrogen) atoms. The van der Waals surface area contributed by atoms with E-state index in [-0.39, 0.29) is 12.0 Å². The van der Waals surface area contributed by atoms with E-state index in [9.17, 15) is 9.90 Å². The molecule has 1 aromatic rings. The van der Waals surface area contributed by atoms with E-state index < -0.39 is 6.10 Å². The molecule has 1 aliphatic rings. The molecule has 1 saturated heterocycles. The van der Waals surface area contributed by atoms with Crippen molar-refractivity contribution >= 4 is 5.97 Å². The van der Waals surface area contributed by atoms with Gasteiger partial charge in [-0.3, -0.25) is 14.4 Å². The number of hydrogen-bond acceptors (Lipinski definition) is 5. The molecule has 1 N–H and O–H groups in total. The average Bonchev–Trinajstić information content (AvgIpc) is 2.92. The molecule has 0 radical (unpaired) electrons. The second kappa shape index (κ2) is 5.49. The molecular formula is C12H19N3O3. The van der Waals surface area contributed by atoms with E-state index in [1.807, 2.05) is 22.7 Å². The van der Waals surface area contributed by atoms with Crippen molar-refractivity contribution in [3.63, 3.8) is 0 Å². The minimum Gasteiger partial charge on any atom is -0.468 e. The number of hydrogen-bond donors (Lipinski definition) is 1. The minimum absolute atomic E-state index is 0.267. The zero-order valence-electron chi connectivity index (χ0n) is 10.7. The van der Waals surface area contributed by atoms with Crippen LogP contribution < -0.4 is 0 Å². The lowest BCUT2D eigenvalue weighted by molar-refractivity contribution is -0.145. The van der Waals surface area contributed by atoms with E-state index in [0.29, 0.717) is 13.0 Å². The van der Waals surface area contributed by atoms with Gasteiger partial charge in [-0.2, -0.15) is 5.10 Å². The Morgan fingerprint density at radius 3 is 3.06 bits per heavy atom. The van der Waals surface area contributed by atoms with E-state index >= 15 is 0 Å².